The summed E-state index contributed by atoms with van der Waals surface area (Å²) in [4.78, 5) is 27.5. The minimum Gasteiger partial charge on any atom is -0.372 e. The highest BCUT2D eigenvalue weighted by Crippen LogP contribution is 2.18. The van der Waals surface area contributed by atoms with Gasteiger partial charge in [-0.2, -0.15) is 0 Å². The van der Waals surface area contributed by atoms with E-state index in [9.17, 15) is 4.79 Å². The fraction of sp³-hybridized carbons (Fsp3) is 0.400. The minimum atomic E-state index is 0.0486. The van der Waals surface area contributed by atoms with E-state index in [0.717, 1.165) is 16.7 Å². The van der Waals surface area contributed by atoms with Gasteiger partial charge in [0.15, 0.2) is 11.5 Å². The molecule has 1 aromatic carbocycles. The third-order valence-corrected chi connectivity index (χ3v) is 4.86. The summed E-state index contributed by atoms with van der Waals surface area (Å²) < 4.78 is 7.57. The quantitative estimate of drug-likeness (QED) is 0.747. The molecule has 2 unspecified atom stereocenters. The first-order chi connectivity index (χ1) is 13.5. The predicted octanol–water partition coefficient (Wildman–Crippen LogP) is 2.22. The Morgan fingerprint density at radius 1 is 1.14 bits per heavy atom. The van der Waals surface area contributed by atoms with Crippen LogP contribution in [0, 0.1) is 0 Å². The summed E-state index contributed by atoms with van der Waals surface area (Å²) in [6.45, 7) is 5.83. The molecular formula is C20H24N6O2. The van der Waals surface area contributed by atoms with Crippen LogP contribution in [-0.4, -0.2) is 55.6 Å². The van der Waals surface area contributed by atoms with Crippen molar-refractivity contribution >= 4 is 22.9 Å². The maximum absolute atomic E-state index is 12.8. The number of ether oxygens (including phenoxy) is 1. The maximum Gasteiger partial charge on any atom is 0.254 e. The van der Waals surface area contributed by atoms with Crippen LogP contribution in [0.25, 0.3) is 11.2 Å². The average Bonchev–Trinajstić information content (AvgIpc) is 3.07. The summed E-state index contributed by atoms with van der Waals surface area (Å²) in [5.74, 6) is 0.745. The van der Waals surface area contributed by atoms with E-state index >= 15 is 0 Å². The number of aryl methyl sites for hydroxylation is 1. The molecule has 1 N–H and O–H groups in total. The number of nitrogens with zero attached hydrogens (tertiary/aromatic N) is 5. The van der Waals surface area contributed by atoms with Crippen molar-refractivity contribution in [2.75, 3.05) is 18.4 Å². The maximum atomic E-state index is 12.8. The van der Waals surface area contributed by atoms with Gasteiger partial charge in [0, 0.05) is 32.2 Å². The standard InChI is InChI=1S/C20H24N6O2/c1-13-9-26(10-14(2)28-13)20(27)16-6-4-15(5-7-16)8-21-18-17-19(23-11-22-18)25(3)12-24-17/h4-7,11-14H,8-10H2,1-3H3,(H,21,22,23). The van der Waals surface area contributed by atoms with Crippen LogP contribution in [0.1, 0.15) is 29.8 Å². The Bertz CT molecular complexity index is 974. The number of morpholine rings is 1. The van der Waals surface area contributed by atoms with E-state index in [1.54, 1.807) is 6.33 Å². The number of benzene rings is 1. The molecule has 2 aromatic heterocycles. The molecule has 1 aliphatic heterocycles. The molecule has 0 bridgehead atoms. The molecule has 28 heavy (non-hydrogen) atoms. The van der Waals surface area contributed by atoms with Crippen LogP contribution in [0.3, 0.4) is 0 Å². The van der Waals surface area contributed by atoms with E-state index < -0.39 is 0 Å². The number of hydrogen-bond donors (Lipinski definition) is 1. The fourth-order valence-electron chi connectivity index (χ4n) is 3.55. The first-order valence-corrected chi connectivity index (χ1v) is 9.41. The topological polar surface area (TPSA) is 85.2 Å². The lowest BCUT2D eigenvalue weighted by Crippen LogP contribution is -2.48. The Labute approximate surface area is 163 Å². The number of anilines is 1. The molecule has 0 spiro atoms. The van der Waals surface area contributed by atoms with Crippen LogP contribution in [0.5, 0.6) is 0 Å². The Balaban J connectivity index is 1.42. The fourth-order valence-corrected chi connectivity index (χ4v) is 3.55. The zero-order valence-corrected chi connectivity index (χ0v) is 16.3. The molecule has 146 valence electrons. The van der Waals surface area contributed by atoms with E-state index in [1.165, 1.54) is 6.33 Å². The second-order valence-corrected chi connectivity index (χ2v) is 7.27. The lowest BCUT2D eigenvalue weighted by molar-refractivity contribution is -0.0586. The summed E-state index contributed by atoms with van der Waals surface area (Å²) in [5.41, 5.74) is 3.28. The molecule has 8 nitrogen and oxygen atoms in total. The molecule has 0 saturated carbocycles. The molecule has 0 aliphatic carbocycles. The first kappa shape index (κ1) is 18.4. The van der Waals surface area contributed by atoms with Crippen molar-refractivity contribution < 1.29 is 9.53 Å². The minimum absolute atomic E-state index is 0.0486. The Kier molecular flexibility index (Phi) is 4.95. The Hall–Kier alpha value is -3.00. The zero-order valence-electron chi connectivity index (χ0n) is 16.3. The van der Waals surface area contributed by atoms with E-state index in [2.05, 4.69) is 20.3 Å². The van der Waals surface area contributed by atoms with Gasteiger partial charge in [-0.05, 0) is 31.5 Å². The van der Waals surface area contributed by atoms with Gasteiger partial charge < -0.3 is 19.5 Å². The van der Waals surface area contributed by atoms with Gasteiger partial charge in [-0.25, -0.2) is 15.0 Å². The van der Waals surface area contributed by atoms with Gasteiger partial charge in [0.2, 0.25) is 0 Å². The number of nitrogens with one attached hydrogen (secondary N) is 1. The van der Waals surface area contributed by atoms with Crippen molar-refractivity contribution in [3.05, 3.63) is 48.0 Å². The van der Waals surface area contributed by atoms with E-state index in [-0.39, 0.29) is 18.1 Å². The molecular weight excluding hydrogens is 356 g/mol. The van der Waals surface area contributed by atoms with Crippen LogP contribution in [0.15, 0.2) is 36.9 Å². The van der Waals surface area contributed by atoms with Gasteiger partial charge in [0.25, 0.3) is 5.91 Å². The van der Waals surface area contributed by atoms with Crippen LogP contribution < -0.4 is 5.32 Å². The number of rotatable bonds is 4. The van der Waals surface area contributed by atoms with Crippen LogP contribution in [-0.2, 0) is 18.3 Å². The highest BCUT2D eigenvalue weighted by molar-refractivity contribution is 5.94. The van der Waals surface area contributed by atoms with Crippen LogP contribution in [0.2, 0.25) is 0 Å². The number of fused-ring (bicyclic) bond motifs is 1. The van der Waals surface area contributed by atoms with Crippen molar-refractivity contribution in [1.82, 2.24) is 24.4 Å². The monoisotopic (exact) mass is 380 g/mol. The first-order valence-electron chi connectivity index (χ1n) is 9.41. The largest absolute Gasteiger partial charge is 0.372 e. The van der Waals surface area contributed by atoms with E-state index in [1.807, 2.05) is 54.6 Å². The molecule has 3 heterocycles. The molecule has 3 aromatic rings. The van der Waals surface area contributed by atoms with Crippen molar-refractivity contribution in [2.45, 2.75) is 32.6 Å². The third-order valence-electron chi connectivity index (χ3n) is 4.86. The molecule has 4 rings (SSSR count). The van der Waals surface area contributed by atoms with E-state index in [0.29, 0.717) is 31.0 Å². The zero-order chi connectivity index (χ0) is 19.7. The molecule has 8 heteroatoms. The highest BCUT2D eigenvalue weighted by Gasteiger charge is 2.26. The summed E-state index contributed by atoms with van der Waals surface area (Å²) in [6, 6.07) is 7.68. The van der Waals surface area contributed by atoms with Crippen LogP contribution >= 0.6 is 0 Å². The van der Waals surface area contributed by atoms with Crippen LogP contribution in [0.4, 0.5) is 5.82 Å². The lowest BCUT2D eigenvalue weighted by Gasteiger charge is -2.35. The highest BCUT2D eigenvalue weighted by atomic mass is 16.5. The van der Waals surface area contributed by atoms with Crippen molar-refractivity contribution in [1.29, 1.82) is 0 Å². The average molecular weight is 380 g/mol. The van der Waals surface area contributed by atoms with Crippen molar-refractivity contribution in [2.24, 2.45) is 7.05 Å². The lowest BCUT2D eigenvalue weighted by atomic mass is 10.1. The number of imidazole rings is 1. The molecule has 1 amide bonds. The van der Waals surface area contributed by atoms with Crippen molar-refractivity contribution in [3.8, 4) is 0 Å². The number of hydrogen-bond acceptors (Lipinski definition) is 6. The second kappa shape index (κ2) is 7.55. The molecule has 1 aliphatic rings. The Morgan fingerprint density at radius 2 is 1.86 bits per heavy atom. The summed E-state index contributed by atoms with van der Waals surface area (Å²) in [5, 5.41) is 3.30. The van der Waals surface area contributed by atoms with E-state index in [4.69, 9.17) is 4.74 Å². The number of amides is 1. The predicted molar refractivity (Wildman–Crippen MR) is 106 cm³/mol. The van der Waals surface area contributed by atoms with Crippen molar-refractivity contribution in [3.63, 3.8) is 0 Å². The van der Waals surface area contributed by atoms with Gasteiger partial charge in [0.1, 0.15) is 11.8 Å². The third kappa shape index (κ3) is 3.68. The SMILES string of the molecule is CC1CN(C(=O)c2ccc(CNc3ncnc4c3ncn4C)cc2)CC(C)O1. The summed E-state index contributed by atoms with van der Waals surface area (Å²) >= 11 is 0. The van der Waals surface area contributed by atoms with Gasteiger partial charge in [-0.1, -0.05) is 12.1 Å². The summed E-state index contributed by atoms with van der Waals surface area (Å²) in [7, 11) is 1.90. The molecule has 0 radical (unpaired) electrons. The van der Waals surface area contributed by atoms with Gasteiger partial charge >= 0.3 is 0 Å². The number of aromatic nitrogens is 4. The van der Waals surface area contributed by atoms with Gasteiger partial charge in [-0.3, -0.25) is 4.79 Å². The molecule has 1 fully saturated rings. The smallest absolute Gasteiger partial charge is 0.254 e. The van der Waals surface area contributed by atoms with Gasteiger partial charge in [-0.15, -0.1) is 0 Å². The molecule has 1 saturated heterocycles. The summed E-state index contributed by atoms with van der Waals surface area (Å²) in [6.07, 6.45) is 3.37. The second-order valence-electron chi connectivity index (χ2n) is 7.27. The number of carbonyl (C=O) groups is 1. The Morgan fingerprint density at radius 3 is 2.57 bits per heavy atom. The normalized spacial score (nSPS) is 19.8. The number of carbonyl (C=O) groups excluding carboxylic acids is 1. The molecule has 2 atom stereocenters. The van der Waals surface area contributed by atoms with Gasteiger partial charge in [0.05, 0.1) is 18.5 Å².